The topological polar surface area (TPSA) is 47.3 Å². The van der Waals surface area contributed by atoms with Crippen LogP contribution in [0.4, 0.5) is 0 Å². The average Bonchev–Trinajstić information content (AvgIpc) is 2.29. The Morgan fingerprint density at radius 2 is 2.06 bits per heavy atom. The van der Waals surface area contributed by atoms with Gasteiger partial charge in [0.05, 0.1) is 12.2 Å². The van der Waals surface area contributed by atoms with E-state index in [2.05, 4.69) is 11.0 Å². The predicted molar refractivity (Wildman–Crippen MR) is 65.0 cm³/mol. The van der Waals surface area contributed by atoms with Crippen LogP contribution in [0.15, 0.2) is 0 Å². The van der Waals surface area contributed by atoms with E-state index in [1.165, 1.54) is 32.1 Å². The van der Waals surface area contributed by atoms with Gasteiger partial charge in [-0.25, -0.2) is 0 Å². The van der Waals surface area contributed by atoms with Gasteiger partial charge in [-0.1, -0.05) is 19.3 Å². The van der Waals surface area contributed by atoms with Crippen molar-refractivity contribution in [1.82, 2.24) is 4.90 Å². The van der Waals surface area contributed by atoms with Crippen LogP contribution < -0.4 is 0 Å². The summed E-state index contributed by atoms with van der Waals surface area (Å²) in [5, 5.41) is 18.1. The maximum absolute atomic E-state index is 9.50. The van der Waals surface area contributed by atoms with Crippen molar-refractivity contribution in [2.45, 2.75) is 64.0 Å². The Labute approximate surface area is 99.1 Å². The lowest BCUT2D eigenvalue weighted by Crippen LogP contribution is -2.41. The zero-order valence-electron chi connectivity index (χ0n) is 10.4. The van der Waals surface area contributed by atoms with Gasteiger partial charge in [0, 0.05) is 19.0 Å². The van der Waals surface area contributed by atoms with Gasteiger partial charge in [0.2, 0.25) is 0 Å². The summed E-state index contributed by atoms with van der Waals surface area (Å²) in [6.45, 7) is 3.57. The molecule has 0 aromatic heterocycles. The fourth-order valence-electron chi connectivity index (χ4n) is 2.57. The molecule has 1 aliphatic carbocycles. The van der Waals surface area contributed by atoms with Gasteiger partial charge < -0.3 is 5.11 Å². The van der Waals surface area contributed by atoms with Crippen molar-refractivity contribution in [1.29, 1.82) is 5.26 Å². The molecule has 0 aromatic carbocycles. The molecule has 1 fully saturated rings. The van der Waals surface area contributed by atoms with E-state index >= 15 is 0 Å². The van der Waals surface area contributed by atoms with Crippen LogP contribution in [0.5, 0.6) is 0 Å². The van der Waals surface area contributed by atoms with Crippen molar-refractivity contribution in [3.05, 3.63) is 0 Å². The molecule has 16 heavy (non-hydrogen) atoms. The third-order valence-electron chi connectivity index (χ3n) is 3.32. The normalized spacial score (nSPS) is 19.6. The minimum absolute atomic E-state index is 0.260. The van der Waals surface area contributed by atoms with E-state index in [1.54, 1.807) is 0 Å². The van der Waals surface area contributed by atoms with E-state index in [9.17, 15) is 5.11 Å². The summed E-state index contributed by atoms with van der Waals surface area (Å²) < 4.78 is 0. The van der Waals surface area contributed by atoms with Crippen molar-refractivity contribution < 1.29 is 5.11 Å². The molecular formula is C13H24N2O. The van der Waals surface area contributed by atoms with Gasteiger partial charge in [0.1, 0.15) is 0 Å². The molecule has 1 saturated carbocycles. The van der Waals surface area contributed by atoms with Crippen LogP contribution in [0.2, 0.25) is 0 Å². The SMILES string of the molecule is CC(O)CN(CCCC#N)C1CCCCC1. The third kappa shape index (κ3) is 4.96. The van der Waals surface area contributed by atoms with Crippen LogP contribution in [0.25, 0.3) is 0 Å². The lowest BCUT2D eigenvalue weighted by molar-refractivity contribution is 0.0818. The fraction of sp³-hybridized carbons (Fsp3) is 0.923. The second-order valence-corrected chi connectivity index (χ2v) is 4.90. The number of unbranched alkanes of at least 4 members (excludes halogenated alkanes) is 1. The number of hydrogen-bond acceptors (Lipinski definition) is 3. The molecule has 0 aliphatic heterocycles. The van der Waals surface area contributed by atoms with Crippen molar-refractivity contribution in [2.24, 2.45) is 0 Å². The average molecular weight is 224 g/mol. The third-order valence-corrected chi connectivity index (χ3v) is 3.32. The molecular weight excluding hydrogens is 200 g/mol. The van der Waals surface area contributed by atoms with Crippen molar-refractivity contribution >= 4 is 0 Å². The van der Waals surface area contributed by atoms with Crippen LogP contribution in [0.1, 0.15) is 51.9 Å². The summed E-state index contributed by atoms with van der Waals surface area (Å²) in [7, 11) is 0. The zero-order chi connectivity index (χ0) is 11.8. The van der Waals surface area contributed by atoms with E-state index in [0.717, 1.165) is 19.5 Å². The molecule has 0 spiro atoms. The maximum Gasteiger partial charge on any atom is 0.0639 e. The molecule has 1 rings (SSSR count). The summed E-state index contributed by atoms with van der Waals surface area (Å²) in [5.41, 5.74) is 0. The highest BCUT2D eigenvalue weighted by molar-refractivity contribution is 4.78. The van der Waals surface area contributed by atoms with Gasteiger partial charge in [-0.15, -0.1) is 0 Å². The highest BCUT2D eigenvalue weighted by atomic mass is 16.3. The first kappa shape index (κ1) is 13.5. The summed E-state index contributed by atoms with van der Waals surface area (Å²) in [6, 6.07) is 2.83. The largest absolute Gasteiger partial charge is 0.392 e. The molecule has 3 heteroatoms. The number of aliphatic hydroxyl groups is 1. The van der Waals surface area contributed by atoms with E-state index in [-0.39, 0.29) is 6.10 Å². The molecule has 1 N–H and O–H groups in total. The molecule has 92 valence electrons. The molecule has 1 aliphatic rings. The number of nitriles is 1. The standard InChI is InChI=1S/C13H24N2O/c1-12(16)11-15(10-6-5-9-14)13-7-3-2-4-8-13/h12-13,16H,2-8,10-11H2,1H3. The van der Waals surface area contributed by atoms with Gasteiger partial charge in [-0.3, -0.25) is 4.90 Å². The van der Waals surface area contributed by atoms with E-state index in [4.69, 9.17) is 5.26 Å². The van der Waals surface area contributed by atoms with Gasteiger partial charge >= 0.3 is 0 Å². The quantitative estimate of drug-likeness (QED) is 0.704. The lowest BCUT2D eigenvalue weighted by atomic mass is 9.94. The molecule has 0 aromatic rings. The summed E-state index contributed by atoms with van der Waals surface area (Å²) in [5.74, 6) is 0. The minimum Gasteiger partial charge on any atom is -0.392 e. The van der Waals surface area contributed by atoms with Gasteiger partial charge in [-0.05, 0) is 32.7 Å². The van der Waals surface area contributed by atoms with Crippen molar-refractivity contribution in [3.8, 4) is 6.07 Å². The Kier molecular flexibility index (Phi) is 6.44. The second kappa shape index (κ2) is 7.65. The van der Waals surface area contributed by atoms with E-state index < -0.39 is 0 Å². The summed E-state index contributed by atoms with van der Waals surface area (Å²) >= 11 is 0. The Morgan fingerprint density at radius 1 is 1.38 bits per heavy atom. The second-order valence-electron chi connectivity index (χ2n) is 4.90. The van der Waals surface area contributed by atoms with Gasteiger partial charge in [-0.2, -0.15) is 5.26 Å². The molecule has 3 nitrogen and oxygen atoms in total. The number of hydrogen-bond donors (Lipinski definition) is 1. The first-order chi connectivity index (χ1) is 7.74. The Hall–Kier alpha value is -0.590. The van der Waals surface area contributed by atoms with Crippen LogP contribution in [0.3, 0.4) is 0 Å². The highest BCUT2D eigenvalue weighted by Crippen LogP contribution is 2.23. The maximum atomic E-state index is 9.50. The molecule has 0 bridgehead atoms. The summed E-state index contributed by atoms with van der Waals surface area (Å²) in [4.78, 5) is 2.39. The minimum atomic E-state index is -0.260. The van der Waals surface area contributed by atoms with Crippen LogP contribution in [-0.2, 0) is 0 Å². The van der Waals surface area contributed by atoms with Crippen LogP contribution >= 0.6 is 0 Å². The van der Waals surface area contributed by atoms with Crippen LogP contribution in [0, 0.1) is 11.3 Å². The first-order valence-corrected chi connectivity index (χ1v) is 6.53. The van der Waals surface area contributed by atoms with Crippen molar-refractivity contribution in [2.75, 3.05) is 13.1 Å². The van der Waals surface area contributed by atoms with Gasteiger partial charge in [0.25, 0.3) is 0 Å². The monoisotopic (exact) mass is 224 g/mol. The lowest BCUT2D eigenvalue weighted by Gasteiger charge is -2.35. The molecule has 0 radical (unpaired) electrons. The number of nitrogens with zero attached hydrogens (tertiary/aromatic N) is 2. The number of aliphatic hydroxyl groups excluding tert-OH is 1. The molecule has 1 unspecified atom stereocenters. The molecule has 0 amide bonds. The van der Waals surface area contributed by atoms with E-state index in [1.807, 2.05) is 6.92 Å². The Bertz CT molecular complexity index is 216. The Balaban J connectivity index is 2.38. The molecule has 0 saturated heterocycles. The number of rotatable bonds is 6. The molecule has 1 atom stereocenters. The first-order valence-electron chi connectivity index (χ1n) is 6.53. The summed E-state index contributed by atoms with van der Waals surface area (Å²) in [6.07, 6.45) is 7.82. The Morgan fingerprint density at radius 3 is 2.62 bits per heavy atom. The predicted octanol–water partition coefficient (Wildman–Crippen LogP) is 2.31. The zero-order valence-corrected chi connectivity index (χ0v) is 10.4. The fourth-order valence-corrected chi connectivity index (χ4v) is 2.57. The smallest absolute Gasteiger partial charge is 0.0639 e. The highest BCUT2D eigenvalue weighted by Gasteiger charge is 2.21. The van der Waals surface area contributed by atoms with Crippen molar-refractivity contribution in [3.63, 3.8) is 0 Å². The molecule has 0 heterocycles. The van der Waals surface area contributed by atoms with Crippen LogP contribution in [-0.4, -0.2) is 35.2 Å². The van der Waals surface area contributed by atoms with E-state index in [0.29, 0.717) is 12.5 Å². The van der Waals surface area contributed by atoms with Gasteiger partial charge in [0.15, 0.2) is 0 Å².